The minimum Gasteiger partial charge on any atom is -0.465 e. The predicted octanol–water partition coefficient (Wildman–Crippen LogP) is 4.68. The van der Waals surface area contributed by atoms with E-state index in [0.29, 0.717) is 23.4 Å². The molecule has 0 radical (unpaired) electrons. The number of nitrogens with zero attached hydrogens (tertiary/aromatic N) is 4. The number of unbranched alkanes of at least 4 members (excludes halogenated alkanes) is 1. The number of anilines is 1. The molecule has 0 aliphatic heterocycles. The van der Waals surface area contributed by atoms with Crippen molar-refractivity contribution in [1.29, 1.82) is 0 Å². The summed E-state index contributed by atoms with van der Waals surface area (Å²) in [6.45, 7) is 2.62. The first-order chi connectivity index (χ1) is 18.7. The monoisotopic (exact) mass is 548 g/mol. The molecule has 4 rings (SSSR count). The largest absolute Gasteiger partial charge is 0.465 e. The number of methoxy groups -OCH3 is 1. The second kappa shape index (κ2) is 11.8. The number of imidazole rings is 1. The van der Waals surface area contributed by atoms with Gasteiger partial charge in [0, 0.05) is 32.6 Å². The van der Waals surface area contributed by atoms with E-state index in [9.17, 15) is 18.0 Å². The lowest BCUT2D eigenvalue weighted by molar-refractivity contribution is 0.0602. The Kier molecular flexibility index (Phi) is 8.47. The second-order valence-corrected chi connectivity index (χ2v) is 10.9. The molecule has 10 heteroatoms. The number of benzene rings is 3. The van der Waals surface area contributed by atoms with E-state index < -0.39 is 16.0 Å². The Morgan fingerprint density at radius 2 is 1.74 bits per heavy atom. The molecule has 9 nitrogen and oxygen atoms in total. The third-order valence-electron chi connectivity index (χ3n) is 6.45. The Labute approximate surface area is 228 Å². The van der Waals surface area contributed by atoms with Crippen LogP contribution >= 0.6 is 0 Å². The number of aromatic nitrogens is 2. The van der Waals surface area contributed by atoms with Crippen molar-refractivity contribution in [1.82, 2.24) is 14.6 Å². The van der Waals surface area contributed by atoms with Gasteiger partial charge in [-0.25, -0.2) is 14.8 Å². The standard InChI is InChI=1S/C29H32N4O5S/c1-5-6-14-27-30-25-12-9-11-24(29(35)38-4)28(25)32(27)19-21-15-17-22(18-16-21)23-10-7-8-13-26(23)33(31(2)3)39(36,37)20-34/h7-13,15-18,20H,5-6,14,19H2,1-4H3. The molecular formula is C29H32N4O5S. The van der Waals surface area contributed by atoms with Gasteiger partial charge in [-0.2, -0.15) is 12.8 Å². The van der Waals surface area contributed by atoms with Crippen molar-refractivity contribution in [3.63, 3.8) is 0 Å². The van der Waals surface area contributed by atoms with E-state index in [1.807, 2.05) is 48.5 Å². The van der Waals surface area contributed by atoms with Crippen LogP contribution in [0, 0.1) is 0 Å². The van der Waals surface area contributed by atoms with E-state index in [1.54, 1.807) is 32.3 Å². The van der Waals surface area contributed by atoms with Crippen molar-refractivity contribution in [2.75, 3.05) is 25.6 Å². The lowest BCUT2D eigenvalue weighted by atomic mass is 10.0. The van der Waals surface area contributed by atoms with Crippen LogP contribution in [0.3, 0.4) is 0 Å². The summed E-state index contributed by atoms with van der Waals surface area (Å²) in [7, 11) is 0.297. The molecule has 0 bridgehead atoms. The smallest absolute Gasteiger partial charge is 0.340 e. The molecule has 204 valence electrons. The van der Waals surface area contributed by atoms with Gasteiger partial charge in [0.15, 0.2) is 0 Å². The van der Waals surface area contributed by atoms with Gasteiger partial charge < -0.3 is 9.30 Å². The number of carbonyl (C=O) groups excluding carboxylic acids is 2. The quantitative estimate of drug-likeness (QED) is 0.152. The average molecular weight is 549 g/mol. The van der Waals surface area contributed by atoms with E-state index >= 15 is 0 Å². The minimum atomic E-state index is -4.20. The molecule has 0 saturated heterocycles. The van der Waals surface area contributed by atoms with E-state index in [0.717, 1.165) is 51.7 Å². The normalized spacial score (nSPS) is 11.6. The maximum atomic E-state index is 12.5. The number of rotatable bonds is 11. The van der Waals surface area contributed by atoms with Crippen molar-refractivity contribution < 1.29 is 22.7 Å². The van der Waals surface area contributed by atoms with Gasteiger partial charge in [-0.3, -0.25) is 4.79 Å². The number of carbonyl (C=O) groups is 2. The Bertz CT molecular complexity index is 1590. The topological polar surface area (TPSA) is 102 Å². The highest BCUT2D eigenvalue weighted by Crippen LogP contribution is 2.33. The Morgan fingerprint density at radius 1 is 1.03 bits per heavy atom. The van der Waals surface area contributed by atoms with E-state index in [2.05, 4.69) is 11.5 Å². The van der Waals surface area contributed by atoms with Crippen LogP contribution in [0.4, 0.5) is 5.69 Å². The van der Waals surface area contributed by atoms with Crippen molar-refractivity contribution >= 4 is 38.3 Å². The lowest BCUT2D eigenvalue weighted by Gasteiger charge is -2.29. The summed E-state index contributed by atoms with van der Waals surface area (Å²) in [4.78, 5) is 28.7. The molecule has 3 aromatic carbocycles. The van der Waals surface area contributed by atoms with E-state index in [4.69, 9.17) is 9.72 Å². The summed E-state index contributed by atoms with van der Waals surface area (Å²) >= 11 is 0. The molecule has 1 aromatic heterocycles. The summed E-state index contributed by atoms with van der Waals surface area (Å²) in [6, 6.07) is 20.3. The van der Waals surface area contributed by atoms with Gasteiger partial charge in [0.1, 0.15) is 5.82 Å². The Balaban J connectivity index is 1.75. The van der Waals surface area contributed by atoms with Crippen LogP contribution in [0.5, 0.6) is 0 Å². The third-order valence-corrected chi connectivity index (χ3v) is 7.70. The molecule has 0 atom stereocenters. The molecule has 0 unspecified atom stereocenters. The lowest BCUT2D eigenvalue weighted by Crippen LogP contribution is -2.42. The van der Waals surface area contributed by atoms with Crippen molar-refractivity contribution in [3.8, 4) is 11.1 Å². The molecule has 0 amide bonds. The average Bonchev–Trinajstić information content (AvgIpc) is 3.29. The number of sulfonamides is 1. The van der Waals surface area contributed by atoms with Gasteiger partial charge in [0.2, 0.25) is 0 Å². The van der Waals surface area contributed by atoms with Crippen molar-refractivity contribution in [2.24, 2.45) is 0 Å². The molecule has 0 spiro atoms. The number of hydrogen-bond acceptors (Lipinski definition) is 7. The predicted molar refractivity (Wildman–Crippen MR) is 153 cm³/mol. The van der Waals surface area contributed by atoms with Gasteiger partial charge in [-0.05, 0) is 35.7 Å². The Hall–Kier alpha value is -4.02. The summed E-state index contributed by atoms with van der Waals surface area (Å²) < 4.78 is 33.2. The van der Waals surface area contributed by atoms with Crippen LogP contribution < -0.4 is 4.41 Å². The minimum absolute atomic E-state index is 0.0545. The van der Waals surface area contributed by atoms with Gasteiger partial charge >= 0.3 is 16.0 Å². The van der Waals surface area contributed by atoms with Crippen molar-refractivity contribution in [2.45, 2.75) is 32.7 Å². The maximum absolute atomic E-state index is 12.5. The molecule has 0 N–H and O–H groups in total. The highest BCUT2D eigenvalue weighted by atomic mass is 32.2. The number of hydrazine groups is 1. The van der Waals surface area contributed by atoms with Gasteiger partial charge in [0.05, 0.1) is 29.4 Å². The van der Waals surface area contributed by atoms with Gasteiger partial charge in [0.25, 0.3) is 5.62 Å². The number of esters is 1. The van der Waals surface area contributed by atoms with E-state index in [-0.39, 0.29) is 5.62 Å². The summed E-state index contributed by atoms with van der Waals surface area (Å²) in [5.74, 6) is 0.491. The summed E-state index contributed by atoms with van der Waals surface area (Å²) in [5.41, 5.74) is 4.70. The van der Waals surface area contributed by atoms with Crippen LogP contribution in [0.1, 0.15) is 41.5 Å². The number of hydrogen-bond donors (Lipinski definition) is 0. The van der Waals surface area contributed by atoms with Crippen LogP contribution in [0.25, 0.3) is 22.2 Å². The van der Waals surface area contributed by atoms with Crippen LogP contribution in [0.15, 0.2) is 66.7 Å². The molecule has 39 heavy (non-hydrogen) atoms. The van der Waals surface area contributed by atoms with Crippen LogP contribution in [-0.4, -0.2) is 55.8 Å². The fraction of sp³-hybridized carbons (Fsp3) is 0.276. The fourth-order valence-electron chi connectivity index (χ4n) is 4.68. The molecular weight excluding hydrogens is 516 g/mol. The highest BCUT2D eigenvalue weighted by Gasteiger charge is 2.26. The maximum Gasteiger partial charge on any atom is 0.340 e. The number of fused-ring (bicyclic) bond motifs is 1. The first-order valence-corrected chi connectivity index (χ1v) is 14.1. The molecule has 0 saturated carbocycles. The third kappa shape index (κ3) is 5.71. The summed E-state index contributed by atoms with van der Waals surface area (Å²) in [5, 5.41) is 1.36. The second-order valence-electron chi connectivity index (χ2n) is 9.33. The van der Waals surface area contributed by atoms with Crippen LogP contribution in [0.2, 0.25) is 0 Å². The zero-order valence-corrected chi connectivity index (χ0v) is 23.3. The summed E-state index contributed by atoms with van der Waals surface area (Å²) in [6.07, 6.45) is 2.77. The zero-order valence-electron chi connectivity index (χ0n) is 22.5. The molecule has 1 heterocycles. The Morgan fingerprint density at radius 3 is 2.38 bits per heavy atom. The van der Waals surface area contributed by atoms with Crippen molar-refractivity contribution in [3.05, 3.63) is 83.7 Å². The number of aryl methyl sites for hydroxylation is 1. The first kappa shape index (κ1) is 28.0. The first-order valence-electron chi connectivity index (χ1n) is 12.6. The van der Waals surface area contributed by atoms with Gasteiger partial charge in [-0.15, -0.1) is 0 Å². The highest BCUT2D eigenvalue weighted by molar-refractivity contribution is 8.05. The SMILES string of the molecule is CCCCc1nc2cccc(C(=O)OC)c2n1Cc1ccc(-c2ccccc2N(N(C)C)S(=O)(=O)C=O)cc1. The molecule has 0 fully saturated rings. The zero-order chi connectivity index (χ0) is 28.2. The van der Waals surface area contributed by atoms with Crippen LogP contribution in [-0.2, 0) is 32.5 Å². The molecule has 0 aliphatic rings. The number of ether oxygens (including phenoxy) is 1. The fourth-order valence-corrected chi connectivity index (χ4v) is 5.65. The number of para-hydroxylation sites is 2. The molecule has 4 aromatic rings. The van der Waals surface area contributed by atoms with Gasteiger partial charge in [-0.1, -0.05) is 61.9 Å². The molecule has 0 aliphatic carbocycles. The van der Waals surface area contributed by atoms with E-state index in [1.165, 1.54) is 12.1 Å².